The van der Waals surface area contributed by atoms with E-state index in [-0.39, 0.29) is 11.5 Å². The van der Waals surface area contributed by atoms with Crippen molar-refractivity contribution in [3.05, 3.63) is 120 Å². The minimum Gasteiger partial charge on any atom is -0.497 e. The first-order chi connectivity index (χ1) is 21.2. The predicted molar refractivity (Wildman–Crippen MR) is 161 cm³/mol. The SMILES string of the molecule is COc1ccc(C(=O)C2C(c3ccc(OC)cc3)C(C(=O)O)N(C(=O)Nc3ccc(F)cc3)C2c2ccc(OC)cc2)cc1. The first-order valence-corrected chi connectivity index (χ1v) is 13.8. The van der Waals surface area contributed by atoms with Crippen LogP contribution in [-0.4, -0.2) is 55.2 Å². The maximum Gasteiger partial charge on any atom is 0.327 e. The van der Waals surface area contributed by atoms with Crippen molar-refractivity contribution in [2.24, 2.45) is 5.92 Å². The molecule has 4 atom stereocenters. The summed E-state index contributed by atoms with van der Waals surface area (Å²) in [6, 6.07) is 22.1. The van der Waals surface area contributed by atoms with E-state index >= 15 is 0 Å². The first-order valence-electron chi connectivity index (χ1n) is 13.8. The van der Waals surface area contributed by atoms with Gasteiger partial charge in [-0.1, -0.05) is 24.3 Å². The number of carboxylic acid groups (broad SMARTS) is 1. The number of carbonyl (C=O) groups is 3. The van der Waals surface area contributed by atoms with Crippen LogP contribution in [0.5, 0.6) is 17.2 Å². The van der Waals surface area contributed by atoms with Gasteiger partial charge in [-0.25, -0.2) is 14.0 Å². The Morgan fingerprint density at radius 2 is 1.18 bits per heavy atom. The Labute approximate surface area is 253 Å². The first kappa shape index (κ1) is 30.1. The molecule has 0 spiro atoms. The third kappa shape index (κ3) is 5.92. The number of rotatable bonds is 9. The van der Waals surface area contributed by atoms with Crippen molar-refractivity contribution in [3.63, 3.8) is 0 Å². The van der Waals surface area contributed by atoms with Crippen LogP contribution in [0, 0.1) is 11.7 Å². The number of hydrogen-bond acceptors (Lipinski definition) is 6. The van der Waals surface area contributed by atoms with Crippen molar-refractivity contribution < 1.29 is 38.1 Å². The minimum absolute atomic E-state index is 0.264. The van der Waals surface area contributed by atoms with Gasteiger partial charge in [0, 0.05) is 17.2 Å². The van der Waals surface area contributed by atoms with E-state index in [9.17, 15) is 23.9 Å². The summed E-state index contributed by atoms with van der Waals surface area (Å²) >= 11 is 0. The standard InChI is InChI=1S/C34H31FN2O7/c1-42-25-14-4-20(5-15-25)28-29(32(38)22-8-18-27(44-3)19-9-22)30(21-6-16-26(43-2)17-7-21)37(31(28)33(39)40)34(41)36-24-12-10-23(35)11-13-24/h4-19,28-31H,1-3H3,(H,36,41)(H,39,40). The number of anilines is 1. The van der Waals surface area contributed by atoms with Crippen LogP contribution in [-0.2, 0) is 4.79 Å². The number of Topliss-reactive ketones (excluding diaryl/α,β-unsaturated/α-hetero) is 1. The maximum absolute atomic E-state index is 14.5. The summed E-state index contributed by atoms with van der Waals surface area (Å²) in [7, 11) is 4.55. The van der Waals surface area contributed by atoms with Gasteiger partial charge < -0.3 is 29.5 Å². The molecule has 226 valence electrons. The molecular formula is C34H31FN2O7. The van der Waals surface area contributed by atoms with Gasteiger partial charge in [-0.05, 0) is 83.9 Å². The highest BCUT2D eigenvalue weighted by atomic mass is 19.1. The van der Waals surface area contributed by atoms with E-state index in [0.717, 1.165) is 0 Å². The molecule has 9 nitrogen and oxygen atoms in total. The van der Waals surface area contributed by atoms with Crippen molar-refractivity contribution in [2.75, 3.05) is 26.6 Å². The fraction of sp³-hybridized carbons (Fsp3) is 0.206. The molecule has 1 heterocycles. The number of carboxylic acids is 1. The fourth-order valence-corrected chi connectivity index (χ4v) is 5.80. The van der Waals surface area contributed by atoms with E-state index in [1.165, 1.54) is 50.5 Å². The van der Waals surface area contributed by atoms with Gasteiger partial charge in [-0.15, -0.1) is 0 Å². The number of hydrogen-bond donors (Lipinski definition) is 2. The largest absolute Gasteiger partial charge is 0.497 e. The monoisotopic (exact) mass is 598 g/mol. The quantitative estimate of drug-likeness (QED) is 0.221. The molecule has 1 aliphatic rings. The molecule has 5 rings (SSSR count). The number of ether oxygens (including phenoxy) is 3. The van der Waals surface area contributed by atoms with Crippen LogP contribution < -0.4 is 19.5 Å². The van der Waals surface area contributed by atoms with E-state index in [2.05, 4.69) is 5.32 Å². The number of aliphatic carboxylic acids is 1. The average Bonchev–Trinajstić information content (AvgIpc) is 3.42. The molecule has 0 aliphatic carbocycles. The lowest BCUT2D eigenvalue weighted by Gasteiger charge is -2.30. The van der Waals surface area contributed by atoms with Crippen LogP contribution in [0.2, 0.25) is 0 Å². The van der Waals surface area contributed by atoms with E-state index in [1.807, 2.05) is 0 Å². The number of nitrogens with one attached hydrogen (secondary N) is 1. The van der Waals surface area contributed by atoms with Gasteiger partial charge in [-0.2, -0.15) is 0 Å². The van der Waals surface area contributed by atoms with Crippen LogP contribution in [0.15, 0.2) is 97.1 Å². The molecule has 2 N–H and O–H groups in total. The third-order valence-corrected chi connectivity index (χ3v) is 7.88. The summed E-state index contributed by atoms with van der Waals surface area (Å²) in [5.41, 5.74) is 1.67. The van der Waals surface area contributed by atoms with E-state index in [1.54, 1.807) is 72.8 Å². The smallest absolute Gasteiger partial charge is 0.327 e. The van der Waals surface area contributed by atoms with Gasteiger partial charge in [0.05, 0.1) is 33.3 Å². The van der Waals surface area contributed by atoms with Gasteiger partial charge in [0.15, 0.2) is 5.78 Å². The number of benzene rings is 4. The van der Waals surface area contributed by atoms with E-state index in [0.29, 0.717) is 33.9 Å². The Bertz CT molecular complexity index is 1620. The zero-order valence-corrected chi connectivity index (χ0v) is 24.3. The average molecular weight is 599 g/mol. The van der Waals surface area contributed by atoms with Crippen molar-refractivity contribution >= 4 is 23.5 Å². The van der Waals surface area contributed by atoms with Crippen LogP contribution in [0.3, 0.4) is 0 Å². The Kier molecular flexibility index (Phi) is 8.80. The highest BCUT2D eigenvalue weighted by Crippen LogP contribution is 2.52. The lowest BCUT2D eigenvalue weighted by molar-refractivity contribution is -0.142. The molecule has 0 saturated carbocycles. The predicted octanol–water partition coefficient (Wildman–Crippen LogP) is 6.18. The zero-order valence-electron chi connectivity index (χ0n) is 24.3. The summed E-state index contributed by atoms with van der Waals surface area (Å²) in [6.45, 7) is 0. The molecule has 1 saturated heterocycles. The second-order valence-electron chi connectivity index (χ2n) is 10.3. The van der Waals surface area contributed by atoms with Gasteiger partial charge in [0.25, 0.3) is 0 Å². The molecule has 0 aromatic heterocycles. The fourth-order valence-electron chi connectivity index (χ4n) is 5.80. The molecule has 4 aromatic carbocycles. The highest BCUT2D eigenvalue weighted by Gasteiger charge is 2.57. The molecule has 1 aliphatic heterocycles. The Morgan fingerprint density at radius 3 is 1.66 bits per heavy atom. The van der Waals surface area contributed by atoms with Gasteiger partial charge in [0.1, 0.15) is 29.1 Å². The number of urea groups is 1. The molecular weight excluding hydrogens is 567 g/mol. The molecule has 0 radical (unpaired) electrons. The Balaban J connectivity index is 1.71. The number of methoxy groups -OCH3 is 3. The Hall–Kier alpha value is -5.38. The summed E-state index contributed by atoms with van der Waals surface area (Å²) in [5, 5.41) is 13.4. The molecule has 4 aromatic rings. The molecule has 2 amide bonds. The number of nitrogens with zero attached hydrogens (tertiary/aromatic N) is 1. The summed E-state index contributed by atoms with van der Waals surface area (Å²) < 4.78 is 29.5. The second-order valence-corrected chi connectivity index (χ2v) is 10.3. The van der Waals surface area contributed by atoms with Gasteiger partial charge in [-0.3, -0.25) is 4.79 Å². The topological polar surface area (TPSA) is 114 Å². The number of likely N-dealkylation sites (tertiary alicyclic amines) is 1. The molecule has 10 heteroatoms. The zero-order chi connectivity index (χ0) is 31.4. The maximum atomic E-state index is 14.5. The van der Waals surface area contributed by atoms with Crippen molar-refractivity contribution in [1.82, 2.24) is 4.90 Å². The summed E-state index contributed by atoms with van der Waals surface area (Å²) in [6.07, 6.45) is 0. The van der Waals surface area contributed by atoms with Crippen LogP contribution >= 0.6 is 0 Å². The lowest BCUT2D eigenvalue weighted by atomic mass is 9.76. The summed E-state index contributed by atoms with van der Waals surface area (Å²) in [5.74, 6) is -2.46. The molecule has 0 bridgehead atoms. The lowest BCUT2D eigenvalue weighted by Crippen LogP contribution is -2.45. The number of amides is 2. The molecule has 1 fully saturated rings. The highest BCUT2D eigenvalue weighted by molar-refractivity contribution is 6.02. The number of ketones is 1. The van der Waals surface area contributed by atoms with Crippen molar-refractivity contribution in [2.45, 2.75) is 18.0 Å². The second kappa shape index (κ2) is 12.9. The minimum atomic E-state index is -1.46. The molecule has 44 heavy (non-hydrogen) atoms. The third-order valence-electron chi connectivity index (χ3n) is 7.88. The number of halogens is 1. The van der Waals surface area contributed by atoms with Crippen molar-refractivity contribution in [1.29, 1.82) is 0 Å². The number of carbonyl (C=O) groups excluding carboxylic acids is 2. The van der Waals surface area contributed by atoms with Gasteiger partial charge >= 0.3 is 12.0 Å². The van der Waals surface area contributed by atoms with Crippen LogP contribution in [0.25, 0.3) is 0 Å². The van der Waals surface area contributed by atoms with Crippen LogP contribution in [0.4, 0.5) is 14.9 Å². The Morgan fingerprint density at radius 1 is 0.705 bits per heavy atom. The van der Waals surface area contributed by atoms with E-state index in [4.69, 9.17) is 14.2 Å². The summed E-state index contributed by atoms with van der Waals surface area (Å²) in [4.78, 5) is 42.9. The van der Waals surface area contributed by atoms with Crippen LogP contribution in [0.1, 0.15) is 33.4 Å². The van der Waals surface area contributed by atoms with Gasteiger partial charge in [0.2, 0.25) is 0 Å². The molecule has 4 unspecified atom stereocenters. The van der Waals surface area contributed by atoms with E-state index < -0.39 is 41.7 Å². The normalized spacial score (nSPS) is 19.2. The van der Waals surface area contributed by atoms with Crippen molar-refractivity contribution in [3.8, 4) is 17.2 Å².